The van der Waals surface area contributed by atoms with Crippen LogP contribution in [0.2, 0.25) is 0 Å². The van der Waals surface area contributed by atoms with Crippen molar-refractivity contribution in [3.05, 3.63) is 33.9 Å². The topological polar surface area (TPSA) is 148 Å². The van der Waals surface area contributed by atoms with E-state index in [-0.39, 0.29) is 41.2 Å². The normalized spacial score (nSPS) is 19.8. The van der Waals surface area contributed by atoms with Gasteiger partial charge in [-0.3, -0.25) is 9.59 Å². The number of nitrogens with one attached hydrogen (secondary N) is 1. The number of rotatable bonds is 8. The Balaban J connectivity index is 1.81. The summed E-state index contributed by atoms with van der Waals surface area (Å²) < 4.78 is 23.1. The van der Waals surface area contributed by atoms with Gasteiger partial charge >= 0.3 is 5.97 Å². The Bertz CT molecular complexity index is 1320. The number of oxime groups is 1. The molecule has 0 spiro atoms. The molecule has 1 aromatic heterocycles. The van der Waals surface area contributed by atoms with Crippen LogP contribution in [0.3, 0.4) is 0 Å². The molecule has 1 aliphatic heterocycles. The van der Waals surface area contributed by atoms with Gasteiger partial charge in [0, 0.05) is 31.7 Å². The number of benzene rings is 1. The molecule has 0 radical (unpaired) electrons. The first kappa shape index (κ1) is 26.4. The standard InChI is InChI=1S/C25H32FN5O6/c1-12(2)19(27)24(33)28-18-11-30(8-7-17(18)29-37-4)21-16(26)9-14-20(23(21)36-3)31(13-5-6-13)10-15(22(14)32)25(34)35/h9-10,12-13,18-19H,5-8,11,27H2,1-4H3,(H,28,33)(H,34,35)/b29-17+/t18?,19-/m0/s1. The van der Waals surface area contributed by atoms with Crippen molar-refractivity contribution in [3.8, 4) is 5.75 Å². The van der Waals surface area contributed by atoms with Gasteiger partial charge < -0.3 is 35.2 Å². The quantitative estimate of drug-likeness (QED) is 0.450. The van der Waals surface area contributed by atoms with Crippen LogP contribution in [0.15, 0.2) is 22.2 Å². The Labute approximate surface area is 213 Å². The van der Waals surface area contributed by atoms with E-state index in [9.17, 15) is 19.5 Å². The van der Waals surface area contributed by atoms with Crippen LogP contribution < -0.4 is 26.1 Å². The second-order valence-electron chi connectivity index (χ2n) is 9.74. The fraction of sp³-hybridized carbons (Fsp3) is 0.520. The number of nitrogens with two attached hydrogens (primary N) is 1. The summed E-state index contributed by atoms with van der Waals surface area (Å²) in [5, 5.41) is 16.4. The molecule has 37 heavy (non-hydrogen) atoms. The predicted octanol–water partition coefficient (Wildman–Crippen LogP) is 1.86. The van der Waals surface area contributed by atoms with Crippen molar-refractivity contribution >= 4 is 34.2 Å². The fourth-order valence-electron chi connectivity index (χ4n) is 4.69. The third-order valence-corrected chi connectivity index (χ3v) is 6.88. The summed E-state index contributed by atoms with van der Waals surface area (Å²) >= 11 is 0. The van der Waals surface area contributed by atoms with Gasteiger partial charge in [0.15, 0.2) is 11.6 Å². The number of hydrogen-bond acceptors (Lipinski definition) is 8. The average molecular weight is 518 g/mol. The molecule has 2 fully saturated rings. The first-order valence-electron chi connectivity index (χ1n) is 12.2. The van der Waals surface area contributed by atoms with Crippen LogP contribution >= 0.6 is 0 Å². The number of amides is 1. The van der Waals surface area contributed by atoms with E-state index in [1.807, 2.05) is 13.8 Å². The highest BCUT2D eigenvalue weighted by molar-refractivity contribution is 5.99. The molecule has 11 nitrogen and oxygen atoms in total. The predicted molar refractivity (Wildman–Crippen MR) is 136 cm³/mol. The molecule has 12 heteroatoms. The van der Waals surface area contributed by atoms with Crippen LogP contribution in [0.1, 0.15) is 49.5 Å². The van der Waals surface area contributed by atoms with Crippen LogP contribution in [0.5, 0.6) is 5.75 Å². The minimum atomic E-state index is -1.37. The number of anilines is 1. The fourth-order valence-corrected chi connectivity index (χ4v) is 4.69. The summed E-state index contributed by atoms with van der Waals surface area (Å²) in [6.45, 7) is 4.17. The molecule has 1 aliphatic carbocycles. The molecule has 4 rings (SSSR count). The van der Waals surface area contributed by atoms with Gasteiger partial charge in [-0.15, -0.1) is 0 Å². The summed E-state index contributed by atoms with van der Waals surface area (Å²) in [6, 6.07) is -0.282. The Morgan fingerprint density at radius 1 is 1.30 bits per heavy atom. The van der Waals surface area contributed by atoms with Gasteiger partial charge in [0.05, 0.1) is 35.8 Å². The van der Waals surface area contributed by atoms with Crippen molar-refractivity contribution in [1.82, 2.24) is 9.88 Å². The highest BCUT2D eigenvalue weighted by atomic mass is 19.1. The second-order valence-corrected chi connectivity index (χ2v) is 9.74. The van der Waals surface area contributed by atoms with Crippen molar-refractivity contribution < 1.29 is 28.7 Å². The van der Waals surface area contributed by atoms with Gasteiger partial charge in [-0.05, 0) is 24.8 Å². The zero-order valence-electron chi connectivity index (χ0n) is 21.3. The molecular weight excluding hydrogens is 485 g/mol. The van der Waals surface area contributed by atoms with E-state index < -0.39 is 34.9 Å². The van der Waals surface area contributed by atoms with Crippen molar-refractivity contribution in [2.24, 2.45) is 16.8 Å². The number of fused-ring (bicyclic) bond motifs is 1. The van der Waals surface area contributed by atoms with Crippen molar-refractivity contribution in [1.29, 1.82) is 0 Å². The number of aromatic carboxylic acids is 1. The van der Waals surface area contributed by atoms with E-state index in [1.165, 1.54) is 20.4 Å². The number of piperidine rings is 1. The summed E-state index contributed by atoms with van der Waals surface area (Å²) in [6.07, 6.45) is 3.28. The summed E-state index contributed by atoms with van der Waals surface area (Å²) in [4.78, 5) is 44.1. The second kappa shape index (κ2) is 10.4. The van der Waals surface area contributed by atoms with Gasteiger partial charge in [-0.1, -0.05) is 19.0 Å². The maximum Gasteiger partial charge on any atom is 0.341 e. The molecular formula is C25H32FN5O6. The Morgan fingerprint density at radius 3 is 2.57 bits per heavy atom. The number of carbonyl (C=O) groups excluding carboxylic acids is 1. The number of pyridine rings is 1. The Morgan fingerprint density at radius 2 is 2.00 bits per heavy atom. The summed E-state index contributed by atoms with van der Waals surface area (Å²) in [5.74, 6) is -2.42. The number of carboxylic acid groups (broad SMARTS) is 1. The number of hydrogen-bond donors (Lipinski definition) is 3. The lowest BCUT2D eigenvalue weighted by Gasteiger charge is -2.37. The molecule has 4 N–H and O–H groups in total. The van der Waals surface area contributed by atoms with E-state index in [0.717, 1.165) is 18.9 Å². The number of ether oxygens (including phenoxy) is 1. The van der Waals surface area contributed by atoms with Crippen LogP contribution in [0, 0.1) is 11.7 Å². The lowest BCUT2D eigenvalue weighted by molar-refractivity contribution is -0.123. The van der Waals surface area contributed by atoms with Crippen molar-refractivity contribution in [3.63, 3.8) is 0 Å². The zero-order chi connectivity index (χ0) is 27.0. The van der Waals surface area contributed by atoms with Crippen LogP contribution in [-0.2, 0) is 9.63 Å². The number of carbonyl (C=O) groups is 2. The molecule has 200 valence electrons. The molecule has 2 aromatic rings. The Kier molecular flexibility index (Phi) is 7.39. The largest absolute Gasteiger partial charge is 0.492 e. The zero-order valence-corrected chi connectivity index (χ0v) is 21.3. The van der Waals surface area contributed by atoms with Gasteiger partial charge in [0.2, 0.25) is 11.3 Å². The molecule has 1 aromatic carbocycles. The smallest absolute Gasteiger partial charge is 0.341 e. The monoisotopic (exact) mass is 517 g/mol. The molecule has 2 heterocycles. The third-order valence-electron chi connectivity index (χ3n) is 6.88. The van der Waals surface area contributed by atoms with E-state index in [4.69, 9.17) is 15.3 Å². The van der Waals surface area contributed by atoms with E-state index >= 15 is 4.39 Å². The molecule has 0 bridgehead atoms. The molecule has 1 saturated carbocycles. The van der Waals surface area contributed by atoms with E-state index in [2.05, 4.69) is 10.5 Å². The maximum absolute atomic E-state index is 15.7. The molecule has 1 amide bonds. The van der Waals surface area contributed by atoms with Gasteiger partial charge in [-0.25, -0.2) is 9.18 Å². The third kappa shape index (κ3) is 4.97. The van der Waals surface area contributed by atoms with Crippen LogP contribution in [0.25, 0.3) is 10.9 Å². The average Bonchev–Trinajstić information content (AvgIpc) is 3.69. The van der Waals surface area contributed by atoms with Crippen LogP contribution in [-0.4, -0.2) is 66.7 Å². The minimum Gasteiger partial charge on any atom is -0.492 e. The minimum absolute atomic E-state index is 0.0141. The van der Waals surface area contributed by atoms with Crippen LogP contribution in [0.4, 0.5) is 10.1 Å². The first-order valence-corrected chi connectivity index (χ1v) is 12.2. The first-order chi connectivity index (χ1) is 17.6. The number of nitrogens with zero attached hydrogens (tertiary/aromatic N) is 3. The van der Waals surface area contributed by atoms with Gasteiger partial charge in [0.25, 0.3) is 0 Å². The van der Waals surface area contributed by atoms with Gasteiger partial charge in [0.1, 0.15) is 18.4 Å². The van der Waals surface area contributed by atoms with E-state index in [1.54, 1.807) is 9.47 Å². The van der Waals surface area contributed by atoms with Gasteiger partial charge in [-0.2, -0.15) is 0 Å². The number of aromatic nitrogens is 1. The number of carboxylic acids is 1. The lowest BCUT2D eigenvalue weighted by Crippen LogP contribution is -2.57. The molecule has 2 atom stereocenters. The van der Waals surface area contributed by atoms with Crippen molar-refractivity contribution in [2.75, 3.05) is 32.2 Å². The molecule has 2 aliphatic rings. The highest BCUT2D eigenvalue weighted by Crippen LogP contribution is 2.44. The summed E-state index contributed by atoms with van der Waals surface area (Å²) in [5.41, 5.74) is 5.88. The maximum atomic E-state index is 15.7. The number of halogens is 1. The Hall–Kier alpha value is -3.67. The molecule has 1 saturated heterocycles. The summed E-state index contributed by atoms with van der Waals surface area (Å²) in [7, 11) is 2.79. The van der Waals surface area contributed by atoms with E-state index in [0.29, 0.717) is 24.2 Å². The lowest BCUT2D eigenvalue weighted by atomic mass is 9.99. The van der Waals surface area contributed by atoms with Crippen molar-refractivity contribution in [2.45, 2.75) is 51.2 Å². The SMILES string of the molecule is CO/N=C1\CCN(c2c(F)cc3c(=O)c(C(=O)O)cn(C4CC4)c3c2OC)CC1NC(=O)[C@@H](N)C(C)C. The molecule has 1 unspecified atom stereocenters. The number of methoxy groups -OCH3 is 1. The highest BCUT2D eigenvalue weighted by Gasteiger charge is 2.35.